The van der Waals surface area contributed by atoms with E-state index in [0.717, 1.165) is 22.2 Å². The number of pyridine rings is 1. The molecule has 1 aromatic heterocycles. The van der Waals surface area contributed by atoms with Crippen LogP contribution in [0.15, 0.2) is 71.5 Å². The molecule has 4 rings (SSSR count). The minimum absolute atomic E-state index is 0.0238. The molecule has 122 valence electrons. The first-order valence-corrected chi connectivity index (χ1v) is 8.21. The molecule has 0 saturated carbocycles. The van der Waals surface area contributed by atoms with Crippen LogP contribution in [0.5, 0.6) is 0 Å². The summed E-state index contributed by atoms with van der Waals surface area (Å²) in [4.78, 5) is 12.8. The van der Waals surface area contributed by atoms with Crippen molar-refractivity contribution < 1.29 is 0 Å². The Labute approximate surface area is 150 Å². The second-order valence-electron chi connectivity index (χ2n) is 6.08. The maximum Gasteiger partial charge on any atom is 0.197 e. The zero-order valence-corrected chi connectivity index (χ0v) is 14.2. The minimum atomic E-state index is 0.0238. The summed E-state index contributed by atoms with van der Waals surface area (Å²) >= 11 is 0. The van der Waals surface area contributed by atoms with Crippen molar-refractivity contribution in [3.8, 4) is 17.9 Å². The Hall–Kier alpha value is -3.82. The first kappa shape index (κ1) is 15.7. The van der Waals surface area contributed by atoms with Gasteiger partial charge in [0.15, 0.2) is 5.43 Å². The van der Waals surface area contributed by atoms with Gasteiger partial charge in [-0.05, 0) is 54.6 Å². The second-order valence-corrected chi connectivity index (χ2v) is 6.08. The first-order chi connectivity index (χ1) is 12.7. The van der Waals surface area contributed by atoms with E-state index in [1.54, 1.807) is 12.1 Å². The van der Waals surface area contributed by atoms with Gasteiger partial charge in [-0.15, -0.1) is 0 Å². The van der Waals surface area contributed by atoms with Crippen LogP contribution in [0.4, 0.5) is 0 Å². The molecule has 26 heavy (non-hydrogen) atoms. The normalized spacial score (nSPS) is 10.3. The lowest BCUT2D eigenvalue weighted by Crippen LogP contribution is -2.09. The Morgan fingerprint density at radius 2 is 1.38 bits per heavy atom. The molecule has 4 aromatic rings. The molecule has 0 fully saturated rings. The molecule has 0 aliphatic rings. The van der Waals surface area contributed by atoms with Gasteiger partial charge in [-0.3, -0.25) is 4.79 Å². The van der Waals surface area contributed by atoms with Crippen LogP contribution in [-0.2, 0) is 7.05 Å². The molecule has 0 unspecified atom stereocenters. The topological polar surface area (TPSA) is 45.8 Å². The van der Waals surface area contributed by atoms with E-state index in [1.165, 1.54) is 0 Å². The summed E-state index contributed by atoms with van der Waals surface area (Å²) in [6.07, 6.45) is 0. The van der Waals surface area contributed by atoms with Gasteiger partial charge in [0.1, 0.15) is 0 Å². The lowest BCUT2D eigenvalue weighted by molar-refractivity contribution is 1.00. The molecule has 3 aromatic carbocycles. The molecule has 3 nitrogen and oxygen atoms in total. The highest BCUT2D eigenvalue weighted by Gasteiger charge is 2.08. The van der Waals surface area contributed by atoms with Gasteiger partial charge >= 0.3 is 0 Å². The molecule has 3 heteroatoms. The number of rotatable bonds is 0. The van der Waals surface area contributed by atoms with Crippen molar-refractivity contribution >= 4 is 21.8 Å². The summed E-state index contributed by atoms with van der Waals surface area (Å²) in [7, 11) is 1.96. The van der Waals surface area contributed by atoms with Crippen molar-refractivity contribution in [2.75, 3.05) is 0 Å². The van der Waals surface area contributed by atoms with Crippen molar-refractivity contribution in [3.05, 3.63) is 93.6 Å². The van der Waals surface area contributed by atoms with E-state index in [2.05, 4.69) is 17.9 Å². The van der Waals surface area contributed by atoms with E-state index in [9.17, 15) is 4.79 Å². The van der Waals surface area contributed by atoms with Gasteiger partial charge in [0, 0.05) is 28.9 Å². The van der Waals surface area contributed by atoms with Crippen LogP contribution in [0.3, 0.4) is 0 Å². The highest BCUT2D eigenvalue weighted by atomic mass is 16.1. The molecule has 0 bridgehead atoms. The summed E-state index contributed by atoms with van der Waals surface area (Å²) in [5.74, 6) is 6.18. The van der Waals surface area contributed by atoms with Crippen molar-refractivity contribution in [2.24, 2.45) is 7.05 Å². The predicted molar refractivity (Wildman–Crippen MR) is 104 cm³/mol. The third-order valence-electron chi connectivity index (χ3n) is 4.48. The van der Waals surface area contributed by atoms with Gasteiger partial charge in [0.2, 0.25) is 0 Å². The maximum atomic E-state index is 12.8. The van der Waals surface area contributed by atoms with Gasteiger partial charge in [0.25, 0.3) is 0 Å². The number of para-hydroxylation sites is 1. The van der Waals surface area contributed by atoms with Crippen LogP contribution in [-0.4, -0.2) is 4.57 Å². The number of nitrogens with zero attached hydrogens (tertiary/aromatic N) is 2. The van der Waals surface area contributed by atoms with Crippen LogP contribution >= 0.6 is 0 Å². The van der Waals surface area contributed by atoms with Gasteiger partial charge in [-0.1, -0.05) is 24.0 Å². The van der Waals surface area contributed by atoms with Crippen LogP contribution in [0.25, 0.3) is 21.8 Å². The SMILES string of the molecule is Cn1c2ccccc2c(=O)c2cc(C#Cc3ccc(C#N)cc3)ccc21. The summed E-state index contributed by atoms with van der Waals surface area (Å²) < 4.78 is 2.03. The molecule has 0 amide bonds. The maximum absolute atomic E-state index is 12.8. The molecule has 0 aliphatic carbocycles. The molecule has 0 radical (unpaired) electrons. The molecular weight excluding hydrogens is 320 g/mol. The van der Waals surface area contributed by atoms with E-state index >= 15 is 0 Å². The Morgan fingerprint density at radius 1 is 0.769 bits per heavy atom. The highest BCUT2D eigenvalue weighted by molar-refractivity contribution is 5.93. The average molecular weight is 334 g/mol. The van der Waals surface area contributed by atoms with Gasteiger partial charge in [-0.25, -0.2) is 0 Å². The number of hydrogen-bond donors (Lipinski definition) is 0. The minimum Gasteiger partial charge on any atom is -0.343 e. The lowest BCUT2D eigenvalue weighted by atomic mass is 10.1. The van der Waals surface area contributed by atoms with E-state index in [4.69, 9.17) is 5.26 Å². The van der Waals surface area contributed by atoms with E-state index in [1.807, 2.05) is 66.2 Å². The van der Waals surface area contributed by atoms with Gasteiger partial charge < -0.3 is 4.57 Å². The Morgan fingerprint density at radius 3 is 2.15 bits per heavy atom. The van der Waals surface area contributed by atoms with Gasteiger partial charge in [0.05, 0.1) is 22.7 Å². The molecule has 0 atom stereocenters. The lowest BCUT2D eigenvalue weighted by Gasteiger charge is -2.10. The zero-order valence-electron chi connectivity index (χ0n) is 14.2. The number of aromatic nitrogens is 1. The summed E-state index contributed by atoms with van der Waals surface area (Å²) in [5.41, 5.74) is 4.05. The van der Waals surface area contributed by atoms with E-state index in [0.29, 0.717) is 16.3 Å². The third-order valence-corrected chi connectivity index (χ3v) is 4.48. The Bertz CT molecular complexity index is 1310. The largest absolute Gasteiger partial charge is 0.343 e. The molecular formula is C23H14N2O. The van der Waals surface area contributed by atoms with Crippen LogP contribution in [0, 0.1) is 23.2 Å². The number of aryl methyl sites for hydroxylation is 1. The van der Waals surface area contributed by atoms with Crippen LogP contribution in [0.2, 0.25) is 0 Å². The number of benzene rings is 3. The standard InChI is InChI=1S/C23H14N2O/c1-25-21-5-3-2-4-19(21)23(26)20-14-17(12-13-22(20)25)9-6-16-7-10-18(15-24)11-8-16/h2-5,7-8,10-14H,1H3. The molecule has 0 saturated heterocycles. The fraction of sp³-hybridized carbons (Fsp3) is 0.0435. The fourth-order valence-corrected chi connectivity index (χ4v) is 3.09. The monoisotopic (exact) mass is 334 g/mol. The fourth-order valence-electron chi connectivity index (χ4n) is 3.09. The quantitative estimate of drug-likeness (QED) is 0.361. The first-order valence-electron chi connectivity index (χ1n) is 8.21. The smallest absolute Gasteiger partial charge is 0.197 e. The molecule has 0 spiro atoms. The van der Waals surface area contributed by atoms with Crippen LogP contribution < -0.4 is 5.43 Å². The Kier molecular flexibility index (Phi) is 3.77. The zero-order chi connectivity index (χ0) is 18.1. The van der Waals surface area contributed by atoms with E-state index < -0.39 is 0 Å². The van der Waals surface area contributed by atoms with Crippen molar-refractivity contribution in [2.45, 2.75) is 0 Å². The Balaban J connectivity index is 1.85. The highest BCUT2D eigenvalue weighted by Crippen LogP contribution is 2.18. The molecule has 0 aliphatic heterocycles. The van der Waals surface area contributed by atoms with Crippen molar-refractivity contribution in [1.29, 1.82) is 5.26 Å². The van der Waals surface area contributed by atoms with Crippen molar-refractivity contribution in [1.82, 2.24) is 4.57 Å². The number of fused-ring (bicyclic) bond motifs is 2. The molecule has 0 N–H and O–H groups in total. The number of hydrogen-bond acceptors (Lipinski definition) is 2. The van der Waals surface area contributed by atoms with Gasteiger partial charge in [-0.2, -0.15) is 5.26 Å². The summed E-state index contributed by atoms with van der Waals surface area (Å²) in [6.45, 7) is 0. The van der Waals surface area contributed by atoms with E-state index in [-0.39, 0.29) is 5.43 Å². The average Bonchev–Trinajstić information content (AvgIpc) is 2.70. The van der Waals surface area contributed by atoms with Crippen LogP contribution in [0.1, 0.15) is 16.7 Å². The number of nitriles is 1. The third kappa shape index (κ3) is 2.62. The predicted octanol–water partition coefficient (Wildman–Crippen LogP) is 3.96. The molecule has 1 heterocycles. The summed E-state index contributed by atoms with van der Waals surface area (Å²) in [6, 6.07) is 22.5. The van der Waals surface area contributed by atoms with Crippen molar-refractivity contribution in [3.63, 3.8) is 0 Å². The summed E-state index contributed by atoms with van der Waals surface area (Å²) in [5, 5.41) is 10.2. The second kappa shape index (κ2) is 6.24.